The van der Waals surface area contributed by atoms with Crippen molar-refractivity contribution in [2.45, 2.75) is 19.6 Å². The zero-order valence-corrected chi connectivity index (χ0v) is 11.2. The summed E-state index contributed by atoms with van der Waals surface area (Å²) in [5.74, 6) is 0.553. The maximum Gasteiger partial charge on any atom is 1.00 e. The maximum absolute atomic E-state index is 8.65. The van der Waals surface area contributed by atoms with Crippen LogP contribution >= 0.6 is 0 Å². The van der Waals surface area contributed by atoms with Crippen LogP contribution in [0.3, 0.4) is 0 Å². The molecule has 4 heteroatoms. The molecule has 0 aliphatic carbocycles. The third-order valence-corrected chi connectivity index (χ3v) is 2.43. The van der Waals surface area contributed by atoms with Crippen LogP contribution in [0.25, 0.3) is 5.76 Å². The van der Waals surface area contributed by atoms with Gasteiger partial charge < -0.3 is 4.43 Å². The van der Waals surface area contributed by atoms with Crippen LogP contribution in [0.15, 0.2) is 30.3 Å². The van der Waals surface area contributed by atoms with Crippen LogP contribution < -0.4 is 18.9 Å². The number of nitrogens with zero attached hydrogens (tertiary/aromatic N) is 1. The summed E-state index contributed by atoms with van der Waals surface area (Å²) in [5.41, 5.74) is 0.904. The molecule has 0 saturated heterocycles. The van der Waals surface area contributed by atoms with Crippen molar-refractivity contribution in [3.8, 4) is 6.07 Å². The van der Waals surface area contributed by atoms with Crippen molar-refractivity contribution in [3.05, 3.63) is 42.0 Å². The van der Waals surface area contributed by atoms with Crippen LogP contribution in [0.1, 0.15) is 5.56 Å². The number of hydrogen-bond donors (Lipinski definition) is 0. The second kappa shape index (κ2) is 6.60. The molecule has 0 N–H and O–H groups in total. The number of benzene rings is 1. The summed E-state index contributed by atoms with van der Waals surface area (Å²) in [6, 6.07) is 11.5. The van der Waals surface area contributed by atoms with E-state index in [0.29, 0.717) is 5.76 Å². The summed E-state index contributed by atoms with van der Waals surface area (Å²) < 4.78 is 5.79. The number of nitriles is 1. The first-order valence-electron chi connectivity index (χ1n) is 4.79. The van der Waals surface area contributed by atoms with Crippen LogP contribution in [-0.4, -0.2) is 8.32 Å². The van der Waals surface area contributed by atoms with Gasteiger partial charge in [-0.2, -0.15) is 0 Å². The van der Waals surface area contributed by atoms with Crippen LogP contribution in [0.4, 0.5) is 0 Å². The summed E-state index contributed by atoms with van der Waals surface area (Å²) >= 11 is 0. The first kappa shape index (κ1) is 15.1. The molecule has 1 aromatic carbocycles. The summed E-state index contributed by atoms with van der Waals surface area (Å²) in [4.78, 5) is 0. The van der Waals surface area contributed by atoms with Crippen molar-refractivity contribution < 1.29 is 23.3 Å². The molecular weight excluding hydrogens is 209 g/mol. The summed E-state index contributed by atoms with van der Waals surface area (Å²) in [6.07, 6.45) is 2.59. The smallest absolute Gasteiger partial charge is 0.576 e. The summed E-state index contributed by atoms with van der Waals surface area (Å²) in [7, 11) is -1.69. The number of allylic oxidation sites excluding steroid dienone is 1. The second-order valence-electron chi connectivity index (χ2n) is 4.15. The molecule has 1 rings (SSSR count). The fourth-order valence-electron chi connectivity index (χ4n) is 1.10. The molecule has 0 heterocycles. The third kappa shape index (κ3) is 5.23. The van der Waals surface area contributed by atoms with Crippen LogP contribution in [0.2, 0.25) is 19.6 Å². The van der Waals surface area contributed by atoms with E-state index >= 15 is 0 Å². The van der Waals surface area contributed by atoms with Crippen LogP contribution in [0.5, 0.6) is 0 Å². The normalized spacial score (nSPS) is 11.2. The van der Waals surface area contributed by atoms with Gasteiger partial charge >= 0.3 is 18.9 Å². The molecule has 0 aliphatic rings. The number of rotatable bonds is 3. The van der Waals surface area contributed by atoms with Gasteiger partial charge in [-0.05, 0) is 25.7 Å². The molecule has 78 valence electrons. The molecule has 0 unspecified atom stereocenters. The average Bonchev–Trinajstić information content (AvgIpc) is 2.17. The van der Waals surface area contributed by atoms with E-state index < -0.39 is 8.32 Å². The van der Waals surface area contributed by atoms with Crippen molar-refractivity contribution in [2.75, 3.05) is 0 Å². The molecule has 1 aromatic rings. The van der Waals surface area contributed by atoms with Gasteiger partial charge in [-0.15, -0.1) is 23.8 Å². The second-order valence-corrected chi connectivity index (χ2v) is 8.58. The van der Waals surface area contributed by atoms with Gasteiger partial charge in [-0.1, -0.05) is 24.0 Å². The molecule has 0 saturated carbocycles. The topological polar surface area (TPSA) is 33.0 Å². The Labute approximate surface area is 110 Å². The van der Waals surface area contributed by atoms with Crippen LogP contribution in [0, 0.1) is 17.4 Å². The Morgan fingerprint density at radius 3 is 2.25 bits per heavy atom. The van der Waals surface area contributed by atoms with E-state index in [4.69, 9.17) is 9.69 Å². The van der Waals surface area contributed by atoms with Crippen molar-refractivity contribution in [1.82, 2.24) is 0 Å². The molecule has 0 aliphatic heterocycles. The van der Waals surface area contributed by atoms with E-state index in [9.17, 15) is 0 Å². The van der Waals surface area contributed by atoms with Crippen LogP contribution in [-0.2, 0) is 4.43 Å². The van der Waals surface area contributed by atoms with Crippen molar-refractivity contribution >= 4 is 14.1 Å². The predicted octanol–water partition coefficient (Wildman–Crippen LogP) is 0.210. The molecule has 0 bridgehead atoms. The molecule has 16 heavy (non-hydrogen) atoms. The molecule has 0 radical (unpaired) electrons. The van der Waals surface area contributed by atoms with E-state index in [1.54, 1.807) is 0 Å². The first-order chi connectivity index (χ1) is 7.03. The molecule has 0 aromatic heterocycles. The standard InChI is InChI=1S/C12H14NOSi.Li/c1-15(2,3)14-12(9-10-13)11-7-5-4-6-8-11;/h4-8H,1-3H3;/q-1;+1. The van der Waals surface area contributed by atoms with E-state index in [2.05, 4.69) is 25.7 Å². The van der Waals surface area contributed by atoms with Gasteiger partial charge in [0, 0.05) is 0 Å². The van der Waals surface area contributed by atoms with Gasteiger partial charge in [-0.25, -0.2) is 5.26 Å². The molecule has 0 atom stereocenters. The average molecular weight is 223 g/mol. The molecule has 0 amide bonds. The number of hydrogen-bond acceptors (Lipinski definition) is 2. The fourth-order valence-corrected chi connectivity index (χ4v) is 1.88. The molecule has 0 spiro atoms. The van der Waals surface area contributed by atoms with Gasteiger partial charge in [0.05, 0.1) is 0 Å². The summed E-state index contributed by atoms with van der Waals surface area (Å²) in [5, 5.41) is 8.65. The minimum Gasteiger partial charge on any atom is -0.576 e. The van der Waals surface area contributed by atoms with E-state index in [0.717, 1.165) is 5.56 Å². The predicted molar refractivity (Wildman–Crippen MR) is 63.1 cm³/mol. The third-order valence-electron chi connectivity index (χ3n) is 1.61. The van der Waals surface area contributed by atoms with Gasteiger partial charge in [0.15, 0.2) is 0 Å². The SMILES string of the molecule is C[Si](C)(C)OC(=[C-]C#N)c1ccccc1.[Li+]. The maximum atomic E-state index is 8.65. The minimum absolute atomic E-state index is 0. The van der Waals surface area contributed by atoms with E-state index in [-0.39, 0.29) is 18.9 Å². The Balaban J connectivity index is 0.00000225. The molecular formula is C12H14LiNOSi. The van der Waals surface area contributed by atoms with E-state index in [1.165, 1.54) is 0 Å². The van der Waals surface area contributed by atoms with Crippen molar-refractivity contribution in [2.24, 2.45) is 0 Å². The first-order valence-corrected chi connectivity index (χ1v) is 8.20. The van der Waals surface area contributed by atoms with Gasteiger partial charge in [0.25, 0.3) is 0 Å². The Bertz CT molecular complexity index is 390. The van der Waals surface area contributed by atoms with Crippen molar-refractivity contribution in [1.29, 1.82) is 5.26 Å². The Morgan fingerprint density at radius 2 is 1.81 bits per heavy atom. The monoisotopic (exact) mass is 223 g/mol. The molecule has 2 nitrogen and oxygen atoms in total. The minimum atomic E-state index is -1.69. The Morgan fingerprint density at radius 1 is 1.25 bits per heavy atom. The zero-order chi connectivity index (χ0) is 11.3. The zero-order valence-electron chi connectivity index (χ0n) is 10.2. The van der Waals surface area contributed by atoms with Crippen molar-refractivity contribution in [3.63, 3.8) is 0 Å². The Kier molecular flexibility index (Phi) is 6.22. The van der Waals surface area contributed by atoms with E-state index in [1.807, 2.05) is 36.4 Å². The fraction of sp³-hybridized carbons (Fsp3) is 0.250. The largest absolute Gasteiger partial charge is 1.00 e. The molecule has 0 fully saturated rings. The van der Waals surface area contributed by atoms with Gasteiger partial charge in [0.2, 0.25) is 8.32 Å². The Hall–Kier alpha value is -0.936. The van der Waals surface area contributed by atoms with Gasteiger partial charge in [0.1, 0.15) is 0 Å². The summed E-state index contributed by atoms with van der Waals surface area (Å²) in [6.45, 7) is 6.24. The van der Waals surface area contributed by atoms with Gasteiger partial charge in [-0.3, -0.25) is 0 Å². The quantitative estimate of drug-likeness (QED) is 0.318.